The monoisotopic (exact) mass is 432 g/mol. The van der Waals surface area contributed by atoms with Gasteiger partial charge in [-0.3, -0.25) is 4.79 Å². The molecule has 0 aliphatic carbocycles. The second-order valence-electron chi connectivity index (χ2n) is 10.9. The summed E-state index contributed by atoms with van der Waals surface area (Å²) in [4.78, 5) is 26.4. The minimum absolute atomic E-state index is 0.0838. The van der Waals surface area contributed by atoms with Crippen LogP contribution in [0.15, 0.2) is 18.2 Å². The van der Waals surface area contributed by atoms with Gasteiger partial charge in [-0.05, 0) is 62.5 Å². The topological polar surface area (TPSA) is 35.5 Å². The Morgan fingerprint density at radius 2 is 1.42 bits per heavy atom. The maximum Gasteiger partial charge on any atom is 0.198 e. The lowest BCUT2D eigenvalue weighted by atomic mass is 9.81. The van der Waals surface area contributed by atoms with E-state index in [0.717, 1.165) is 56.1 Å². The summed E-state index contributed by atoms with van der Waals surface area (Å²) in [7, 11) is 0. The van der Waals surface area contributed by atoms with Gasteiger partial charge in [-0.15, -0.1) is 0 Å². The smallest absolute Gasteiger partial charge is 0.198 e. The summed E-state index contributed by atoms with van der Waals surface area (Å²) in [6, 6.07) is 6.28. The molecule has 1 rings (SSSR count). The average Bonchev–Trinajstić information content (AvgIpc) is 2.70. The summed E-state index contributed by atoms with van der Waals surface area (Å²) in [6.07, 6.45) is 7.94. The summed E-state index contributed by atoms with van der Waals surface area (Å²) in [6.45, 7) is 19.3. The molecule has 0 heterocycles. The van der Waals surface area contributed by atoms with Gasteiger partial charge in [-0.25, -0.2) is 9.78 Å². The number of ketones is 1. The van der Waals surface area contributed by atoms with Gasteiger partial charge in [0.2, 0.25) is 0 Å². The van der Waals surface area contributed by atoms with Gasteiger partial charge in [-0.2, -0.15) is 0 Å². The molecule has 1 aromatic rings. The fourth-order valence-electron chi connectivity index (χ4n) is 4.52. The molecule has 3 heteroatoms. The number of hydrogen-bond donors (Lipinski definition) is 0. The van der Waals surface area contributed by atoms with Gasteiger partial charge in [0.15, 0.2) is 11.4 Å². The summed E-state index contributed by atoms with van der Waals surface area (Å²) >= 11 is 0. The standard InChI is InChI=1S/C28H48O3/c1-10-14-18-28(19-15-11-2,31-30-27(8,9)21-26(5,6)7)25(29)24-17-16-22(12-3)20-23(24)13-4/h16-17,20H,10-15,18-19,21H2,1-9H3. The lowest BCUT2D eigenvalue weighted by Crippen LogP contribution is -2.45. The molecule has 0 saturated carbocycles. The van der Waals surface area contributed by atoms with Gasteiger partial charge < -0.3 is 0 Å². The highest BCUT2D eigenvalue weighted by Gasteiger charge is 2.43. The Morgan fingerprint density at radius 3 is 1.87 bits per heavy atom. The molecule has 0 atom stereocenters. The molecule has 0 saturated heterocycles. The van der Waals surface area contributed by atoms with E-state index >= 15 is 0 Å². The van der Waals surface area contributed by atoms with Crippen LogP contribution < -0.4 is 0 Å². The van der Waals surface area contributed by atoms with Gasteiger partial charge in [0.05, 0.1) is 5.60 Å². The maximum absolute atomic E-state index is 14.1. The Morgan fingerprint density at radius 1 is 0.839 bits per heavy atom. The molecule has 0 radical (unpaired) electrons. The zero-order valence-electron chi connectivity index (χ0n) is 21.8. The Hall–Kier alpha value is -1.19. The van der Waals surface area contributed by atoms with E-state index in [4.69, 9.17) is 9.78 Å². The molecular formula is C28H48O3. The Labute approximate surface area is 192 Å². The molecule has 0 spiro atoms. The number of rotatable bonds is 14. The molecule has 1 aromatic carbocycles. The van der Waals surface area contributed by atoms with E-state index in [0.29, 0.717) is 12.8 Å². The summed E-state index contributed by atoms with van der Waals surface area (Å²) in [5.74, 6) is 0.0838. The van der Waals surface area contributed by atoms with Crippen molar-refractivity contribution in [2.24, 2.45) is 5.41 Å². The van der Waals surface area contributed by atoms with Crippen LogP contribution in [0.4, 0.5) is 0 Å². The van der Waals surface area contributed by atoms with Crippen molar-refractivity contribution in [2.75, 3.05) is 0 Å². The molecule has 0 aliphatic heterocycles. The Bertz CT molecular complexity index is 674. The third kappa shape index (κ3) is 8.69. The summed E-state index contributed by atoms with van der Waals surface area (Å²) in [5.41, 5.74) is 1.88. The largest absolute Gasteiger partial charge is 0.291 e. The quantitative estimate of drug-likeness (QED) is 0.168. The summed E-state index contributed by atoms with van der Waals surface area (Å²) in [5, 5.41) is 0. The van der Waals surface area contributed by atoms with Crippen molar-refractivity contribution < 1.29 is 14.6 Å². The predicted molar refractivity (Wildman–Crippen MR) is 132 cm³/mol. The van der Waals surface area contributed by atoms with E-state index in [2.05, 4.69) is 74.4 Å². The van der Waals surface area contributed by atoms with Crippen LogP contribution in [0.2, 0.25) is 0 Å². The molecule has 3 nitrogen and oxygen atoms in total. The van der Waals surface area contributed by atoms with Crippen molar-refractivity contribution >= 4 is 5.78 Å². The van der Waals surface area contributed by atoms with E-state index < -0.39 is 11.2 Å². The van der Waals surface area contributed by atoms with Crippen molar-refractivity contribution in [2.45, 2.75) is 131 Å². The molecular weight excluding hydrogens is 384 g/mol. The van der Waals surface area contributed by atoms with Gasteiger partial charge in [0.25, 0.3) is 0 Å². The SMILES string of the molecule is CCCCC(CCCC)(OOC(C)(C)CC(C)(C)C)C(=O)c1ccc(CC)cc1CC. The van der Waals surface area contributed by atoms with E-state index in [1.807, 2.05) is 6.07 Å². The highest BCUT2D eigenvalue weighted by atomic mass is 17.2. The van der Waals surface area contributed by atoms with Crippen LogP contribution in [0.5, 0.6) is 0 Å². The molecule has 31 heavy (non-hydrogen) atoms. The van der Waals surface area contributed by atoms with E-state index in [9.17, 15) is 4.79 Å². The first-order valence-corrected chi connectivity index (χ1v) is 12.5. The normalized spacial score (nSPS) is 12.9. The first-order chi connectivity index (χ1) is 14.4. The zero-order chi connectivity index (χ0) is 23.7. The van der Waals surface area contributed by atoms with Crippen LogP contribution >= 0.6 is 0 Å². The fraction of sp³-hybridized carbons (Fsp3) is 0.750. The third-order valence-electron chi connectivity index (χ3n) is 5.87. The lowest BCUT2D eigenvalue weighted by Gasteiger charge is -2.37. The van der Waals surface area contributed by atoms with Crippen LogP contribution in [-0.4, -0.2) is 17.0 Å². The molecule has 0 aromatic heterocycles. The van der Waals surface area contributed by atoms with Gasteiger partial charge in [0.1, 0.15) is 0 Å². The Kier molecular flexibility index (Phi) is 10.9. The molecule has 0 amide bonds. The van der Waals surface area contributed by atoms with Gasteiger partial charge in [-0.1, -0.05) is 92.3 Å². The predicted octanol–water partition coefficient (Wildman–Crippen LogP) is 8.28. The third-order valence-corrected chi connectivity index (χ3v) is 5.87. The number of unbranched alkanes of at least 4 members (excludes halogenated alkanes) is 2. The summed E-state index contributed by atoms with van der Waals surface area (Å²) < 4.78 is 0. The number of aryl methyl sites for hydroxylation is 2. The average molecular weight is 433 g/mol. The molecule has 0 bridgehead atoms. The van der Waals surface area contributed by atoms with Crippen molar-refractivity contribution in [3.8, 4) is 0 Å². The van der Waals surface area contributed by atoms with Gasteiger partial charge >= 0.3 is 0 Å². The maximum atomic E-state index is 14.1. The second-order valence-corrected chi connectivity index (χ2v) is 10.9. The van der Waals surface area contributed by atoms with E-state index in [1.165, 1.54) is 5.56 Å². The van der Waals surface area contributed by atoms with E-state index in [1.54, 1.807) is 0 Å². The molecule has 0 fully saturated rings. The number of carbonyl (C=O) groups is 1. The fourth-order valence-corrected chi connectivity index (χ4v) is 4.52. The first kappa shape index (κ1) is 27.8. The van der Waals surface area contributed by atoms with Crippen LogP contribution in [0.3, 0.4) is 0 Å². The van der Waals surface area contributed by atoms with Crippen LogP contribution in [0, 0.1) is 5.41 Å². The van der Waals surface area contributed by atoms with Crippen molar-refractivity contribution in [1.82, 2.24) is 0 Å². The number of Topliss-reactive ketones (excluding diaryl/α,β-unsaturated/α-hetero) is 1. The Balaban J connectivity index is 3.35. The van der Waals surface area contributed by atoms with Crippen molar-refractivity contribution in [1.29, 1.82) is 0 Å². The zero-order valence-corrected chi connectivity index (χ0v) is 21.8. The molecule has 0 aliphatic rings. The van der Waals surface area contributed by atoms with Crippen LogP contribution in [0.1, 0.15) is 129 Å². The number of carbonyl (C=O) groups excluding carboxylic acids is 1. The van der Waals surface area contributed by atoms with Crippen LogP contribution in [-0.2, 0) is 22.6 Å². The highest BCUT2D eigenvalue weighted by molar-refractivity contribution is 6.03. The second kappa shape index (κ2) is 12.2. The van der Waals surface area contributed by atoms with Crippen molar-refractivity contribution in [3.63, 3.8) is 0 Å². The van der Waals surface area contributed by atoms with Crippen molar-refractivity contribution in [3.05, 3.63) is 34.9 Å². The highest BCUT2D eigenvalue weighted by Crippen LogP contribution is 2.36. The molecule has 0 N–H and O–H groups in total. The van der Waals surface area contributed by atoms with Gasteiger partial charge in [0, 0.05) is 5.56 Å². The van der Waals surface area contributed by atoms with E-state index in [-0.39, 0.29) is 11.2 Å². The minimum Gasteiger partial charge on any atom is -0.291 e. The first-order valence-electron chi connectivity index (χ1n) is 12.5. The van der Waals surface area contributed by atoms with Crippen LogP contribution in [0.25, 0.3) is 0 Å². The number of hydrogen-bond acceptors (Lipinski definition) is 3. The molecule has 0 unspecified atom stereocenters. The lowest BCUT2D eigenvalue weighted by molar-refractivity contribution is -0.400. The minimum atomic E-state index is -0.932. The number of benzene rings is 1. The molecule has 178 valence electrons.